The quantitative estimate of drug-likeness (QED) is 0.477. The number of fused-ring (bicyclic) bond motifs is 1. The summed E-state index contributed by atoms with van der Waals surface area (Å²) in [4.78, 5) is 40.5. The number of H-pyrrole nitrogens is 1. The number of carbonyl (C=O) groups excluding carboxylic acids is 1. The van der Waals surface area contributed by atoms with Gasteiger partial charge in [-0.1, -0.05) is 0 Å². The highest BCUT2D eigenvalue weighted by Crippen LogP contribution is 2.28. The molecule has 2 aliphatic heterocycles. The molecule has 3 aromatic rings. The predicted octanol–water partition coefficient (Wildman–Crippen LogP) is 2.25. The Morgan fingerprint density at radius 2 is 1.81 bits per heavy atom. The number of nitrogens with one attached hydrogen (secondary N) is 2. The highest BCUT2D eigenvalue weighted by molar-refractivity contribution is 5.90. The molecule has 0 aliphatic carbocycles. The molecule has 1 aromatic carbocycles. The lowest BCUT2D eigenvalue weighted by molar-refractivity contribution is -0.148. The van der Waals surface area contributed by atoms with Crippen LogP contribution in [0.2, 0.25) is 0 Å². The lowest BCUT2D eigenvalue weighted by Crippen LogP contribution is -2.54. The van der Waals surface area contributed by atoms with Gasteiger partial charge in [-0.15, -0.1) is 0 Å². The van der Waals surface area contributed by atoms with Gasteiger partial charge >= 0.3 is 0 Å². The Morgan fingerprint density at radius 3 is 2.49 bits per heavy atom. The van der Waals surface area contributed by atoms with Crippen molar-refractivity contribution >= 4 is 40.0 Å². The SMILES string of the molecule is CC1CCCCN1c1nc(Nc2ccc(N3CCN(C(=O)C(C)(C)O)CC3)cc2)c2c(=O)[nH]ncc2n1. The van der Waals surface area contributed by atoms with Crippen molar-refractivity contribution in [2.75, 3.05) is 47.8 Å². The van der Waals surface area contributed by atoms with Crippen LogP contribution in [0.15, 0.2) is 35.3 Å². The fraction of sp³-hybridized carbons (Fsp3) is 0.500. The Morgan fingerprint density at radius 1 is 1.08 bits per heavy atom. The second-order valence-electron chi connectivity index (χ2n) is 10.4. The normalized spacial score (nSPS) is 18.8. The second kappa shape index (κ2) is 9.97. The summed E-state index contributed by atoms with van der Waals surface area (Å²) in [7, 11) is 0. The predicted molar refractivity (Wildman–Crippen MR) is 143 cm³/mol. The highest BCUT2D eigenvalue weighted by atomic mass is 16.3. The molecule has 1 atom stereocenters. The van der Waals surface area contributed by atoms with Crippen LogP contribution < -0.4 is 20.7 Å². The highest BCUT2D eigenvalue weighted by Gasteiger charge is 2.31. The van der Waals surface area contributed by atoms with Gasteiger partial charge in [0, 0.05) is 50.1 Å². The number of carbonyl (C=O) groups is 1. The molecular weight excluding hydrogens is 472 g/mol. The molecule has 0 spiro atoms. The van der Waals surface area contributed by atoms with E-state index in [0.717, 1.165) is 30.8 Å². The van der Waals surface area contributed by atoms with Gasteiger partial charge in [-0.05, 0) is 64.3 Å². The molecule has 196 valence electrons. The molecule has 2 aliphatic rings. The van der Waals surface area contributed by atoms with Crippen molar-refractivity contribution in [3.05, 3.63) is 40.8 Å². The number of hydrogen-bond donors (Lipinski definition) is 3. The molecule has 1 amide bonds. The van der Waals surface area contributed by atoms with Gasteiger partial charge in [-0.2, -0.15) is 10.1 Å². The molecule has 37 heavy (non-hydrogen) atoms. The first-order valence-corrected chi connectivity index (χ1v) is 12.9. The molecule has 4 heterocycles. The van der Waals surface area contributed by atoms with E-state index in [1.54, 1.807) is 11.1 Å². The number of amides is 1. The number of benzene rings is 1. The first kappa shape index (κ1) is 24.9. The lowest BCUT2D eigenvalue weighted by Gasteiger charge is -2.38. The summed E-state index contributed by atoms with van der Waals surface area (Å²) in [5.74, 6) is 0.810. The number of piperidine rings is 1. The maximum absolute atomic E-state index is 12.6. The van der Waals surface area contributed by atoms with Gasteiger partial charge in [-0.3, -0.25) is 9.59 Å². The number of rotatable bonds is 5. The fourth-order valence-corrected chi connectivity index (χ4v) is 5.05. The van der Waals surface area contributed by atoms with Crippen LogP contribution in [0.25, 0.3) is 10.9 Å². The monoisotopic (exact) mass is 506 g/mol. The van der Waals surface area contributed by atoms with Crippen LogP contribution in [-0.2, 0) is 4.79 Å². The van der Waals surface area contributed by atoms with Gasteiger partial charge in [0.2, 0.25) is 5.95 Å². The van der Waals surface area contributed by atoms with Crippen molar-refractivity contribution < 1.29 is 9.90 Å². The van der Waals surface area contributed by atoms with Crippen LogP contribution in [0.5, 0.6) is 0 Å². The number of aromatic nitrogens is 4. The van der Waals surface area contributed by atoms with E-state index in [-0.39, 0.29) is 11.5 Å². The standard InChI is InChI=1S/C26H34N8O3/c1-17-6-4-5-11-34(17)25-29-20-16-27-31-23(35)21(20)22(30-25)28-18-7-9-19(10-8-18)32-12-14-33(15-13-32)24(36)26(2,3)37/h7-10,16-17,37H,4-6,11-15H2,1-3H3,(H,31,35)(H,28,29,30). The molecule has 0 saturated carbocycles. The maximum atomic E-state index is 12.6. The largest absolute Gasteiger partial charge is 0.381 e. The third-order valence-electron chi connectivity index (χ3n) is 7.15. The molecule has 5 rings (SSSR count). The zero-order valence-electron chi connectivity index (χ0n) is 21.6. The third kappa shape index (κ3) is 5.22. The van der Waals surface area contributed by atoms with Gasteiger partial charge in [0.05, 0.1) is 6.20 Å². The number of piperazine rings is 1. The maximum Gasteiger partial charge on any atom is 0.277 e. The minimum absolute atomic E-state index is 0.243. The molecule has 2 fully saturated rings. The summed E-state index contributed by atoms with van der Waals surface area (Å²) in [6.07, 6.45) is 4.92. The van der Waals surface area contributed by atoms with Gasteiger partial charge in [0.15, 0.2) is 0 Å². The van der Waals surface area contributed by atoms with Crippen LogP contribution >= 0.6 is 0 Å². The molecule has 2 aromatic heterocycles. The fourth-order valence-electron chi connectivity index (χ4n) is 5.05. The van der Waals surface area contributed by atoms with E-state index >= 15 is 0 Å². The van der Waals surface area contributed by atoms with Gasteiger partial charge in [0.25, 0.3) is 11.5 Å². The number of hydrogen-bond acceptors (Lipinski definition) is 9. The minimum Gasteiger partial charge on any atom is -0.381 e. The first-order chi connectivity index (χ1) is 17.7. The molecular formula is C26H34N8O3. The zero-order chi connectivity index (χ0) is 26.2. The van der Waals surface area contributed by atoms with Crippen LogP contribution in [0.4, 0.5) is 23.1 Å². The molecule has 3 N–H and O–H groups in total. The molecule has 2 saturated heterocycles. The average Bonchev–Trinajstić information content (AvgIpc) is 2.88. The van der Waals surface area contributed by atoms with Crippen molar-refractivity contribution in [2.24, 2.45) is 0 Å². The Labute approximate surface area is 215 Å². The first-order valence-electron chi connectivity index (χ1n) is 12.9. The molecule has 11 heteroatoms. The van der Waals surface area contributed by atoms with E-state index in [9.17, 15) is 14.7 Å². The van der Waals surface area contributed by atoms with E-state index in [4.69, 9.17) is 4.98 Å². The summed E-state index contributed by atoms with van der Waals surface area (Å²) in [6.45, 7) is 8.59. The van der Waals surface area contributed by atoms with E-state index in [1.807, 2.05) is 24.3 Å². The Kier molecular flexibility index (Phi) is 6.72. The minimum atomic E-state index is -1.36. The van der Waals surface area contributed by atoms with Crippen LogP contribution in [-0.4, -0.2) is 80.4 Å². The van der Waals surface area contributed by atoms with E-state index < -0.39 is 5.60 Å². The van der Waals surface area contributed by atoms with Crippen LogP contribution in [0.1, 0.15) is 40.0 Å². The summed E-state index contributed by atoms with van der Waals surface area (Å²) in [6, 6.07) is 8.26. The van der Waals surface area contributed by atoms with Crippen molar-refractivity contribution in [1.82, 2.24) is 25.1 Å². The van der Waals surface area contributed by atoms with Crippen molar-refractivity contribution in [1.29, 1.82) is 0 Å². The molecule has 0 radical (unpaired) electrons. The molecule has 1 unspecified atom stereocenters. The van der Waals surface area contributed by atoms with E-state index in [2.05, 4.69) is 37.2 Å². The smallest absolute Gasteiger partial charge is 0.277 e. The third-order valence-corrected chi connectivity index (χ3v) is 7.15. The second-order valence-corrected chi connectivity index (χ2v) is 10.4. The molecule has 11 nitrogen and oxygen atoms in total. The summed E-state index contributed by atoms with van der Waals surface area (Å²) < 4.78 is 0. The Hall–Kier alpha value is -3.73. The van der Waals surface area contributed by atoms with Gasteiger partial charge in [-0.25, -0.2) is 10.1 Å². The summed E-state index contributed by atoms with van der Waals surface area (Å²) in [5.41, 5.74) is 0.647. The van der Waals surface area contributed by atoms with Crippen molar-refractivity contribution in [3.63, 3.8) is 0 Å². The van der Waals surface area contributed by atoms with Gasteiger partial charge in [0.1, 0.15) is 22.3 Å². The number of aromatic amines is 1. The Balaban J connectivity index is 1.35. The van der Waals surface area contributed by atoms with Gasteiger partial charge < -0.3 is 25.1 Å². The number of nitrogens with zero attached hydrogens (tertiary/aromatic N) is 6. The summed E-state index contributed by atoms with van der Waals surface area (Å²) >= 11 is 0. The van der Waals surface area contributed by atoms with Crippen molar-refractivity contribution in [3.8, 4) is 0 Å². The molecule has 0 bridgehead atoms. The average molecular weight is 507 g/mol. The van der Waals surface area contributed by atoms with Crippen LogP contribution in [0, 0.1) is 0 Å². The van der Waals surface area contributed by atoms with Crippen molar-refractivity contribution in [2.45, 2.75) is 51.7 Å². The Bertz CT molecular complexity index is 1330. The van der Waals surface area contributed by atoms with E-state index in [0.29, 0.717) is 54.9 Å². The van der Waals surface area contributed by atoms with E-state index in [1.165, 1.54) is 20.3 Å². The topological polar surface area (TPSA) is 131 Å². The zero-order valence-corrected chi connectivity index (χ0v) is 21.6. The lowest BCUT2D eigenvalue weighted by atomic mass is 10.0. The summed E-state index contributed by atoms with van der Waals surface area (Å²) in [5, 5.41) is 20.1. The van der Waals surface area contributed by atoms with Crippen LogP contribution in [0.3, 0.4) is 0 Å². The number of anilines is 4. The number of aliphatic hydroxyl groups is 1.